The van der Waals surface area contributed by atoms with Crippen LogP contribution in [-0.2, 0) is 19.3 Å². The molecule has 110 valence electrons. The quantitative estimate of drug-likeness (QED) is 0.700. The summed E-state index contributed by atoms with van der Waals surface area (Å²) in [4.78, 5) is 4.83. The van der Waals surface area contributed by atoms with Gasteiger partial charge in [-0.1, -0.05) is 34.6 Å². The van der Waals surface area contributed by atoms with E-state index in [1.165, 1.54) is 16.3 Å². The molecule has 0 aromatic carbocycles. The summed E-state index contributed by atoms with van der Waals surface area (Å²) >= 11 is 3.61. The molecule has 0 amide bonds. The first-order chi connectivity index (χ1) is 9.23. The monoisotopic (exact) mass is 307 g/mol. The molecule has 0 aliphatic rings. The molecular formula is C17H25NS2. The molecule has 1 nitrogen and oxygen atoms in total. The third-order valence-corrected chi connectivity index (χ3v) is 4.83. The van der Waals surface area contributed by atoms with Crippen LogP contribution in [-0.4, -0.2) is 4.98 Å². The van der Waals surface area contributed by atoms with Crippen molar-refractivity contribution in [1.82, 2.24) is 4.98 Å². The molecule has 0 fully saturated rings. The van der Waals surface area contributed by atoms with Crippen LogP contribution in [0.4, 0.5) is 0 Å². The van der Waals surface area contributed by atoms with Crippen molar-refractivity contribution < 1.29 is 0 Å². The molecule has 0 radical (unpaired) electrons. The van der Waals surface area contributed by atoms with Gasteiger partial charge < -0.3 is 0 Å². The van der Waals surface area contributed by atoms with Gasteiger partial charge in [-0.05, 0) is 46.1 Å². The second-order valence-corrected chi connectivity index (χ2v) is 9.34. The maximum absolute atomic E-state index is 4.83. The van der Waals surface area contributed by atoms with E-state index in [-0.39, 0.29) is 5.41 Å². The topological polar surface area (TPSA) is 12.9 Å². The average molecular weight is 308 g/mol. The smallest absolute Gasteiger partial charge is 0.0933 e. The Morgan fingerprint density at radius 3 is 2.35 bits per heavy atom. The molecule has 0 unspecified atom stereocenters. The summed E-state index contributed by atoms with van der Waals surface area (Å²) in [5.41, 5.74) is 3.30. The van der Waals surface area contributed by atoms with Crippen LogP contribution in [0.25, 0.3) is 0 Å². The lowest BCUT2D eigenvalue weighted by Gasteiger charge is -2.22. The van der Waals surface area contributed by atoms with Gasteiger partial charge in [0.15, 0.2) is 0 Å². The molecule has 3 heteroatoms. The Bertz CT molecular complexity index is 530. The van der Waals surface area contributed by atoms with Crippen LogP contribution >= 0.6 is 22.7 Å². The fraction of sp³-hybridized carbons (Fsp3) is 0.588. The van der Waals surface area contributed by atoms with E-state index in [0.717, 1.165) is 19.3 Å². The highest BCUT2D eigenvalue weighted by Crippen LogP contribution is 2.30. The minimum Gasteiger partial charge on any atom is -0.246 e. The highest BCUT2D eigenvalue weighted by Gasteiger charge is 2.22. The van der Waals surface area contributed by atoms with Gasteiger partial charge in [0.25, 0.3) is 0 Å². The molecule has 0 aliphatic carbocycles. The van der Waals surface area contributed by atoms with E-state index in [1.54, 1.807) is 11.3 Å². The van der Waals surface area contributed by atoms with E-state index in [9.17, 15) is 0 Å². The Hall–Kier alpha value is -0.670. The number of hydrogen-bond acceptors (Lipinski definition) is 3. The summed E-state index contributed by atoms with van der Waals surface area (Å²) in [7, 11) is 0. The van der Waals surface area contributed by atoms with Crippen molar-refractivity contribution in [2.45, 2.75) is 53.9 Å². The van der Waals surface area contributed by atoms with Crippen molar-refractivity contribution in [1.29, 1.82) is 0 Å². The van der Waals surface area contributed by atoms with Gasteiger partial charge >= 0.3 is 0 Å². The zero-order valence-corrected chi connectivity index (χ0v) is 14.8. The van der Waals surface area contributed by atoms with Gasteiger partial charge in [0.1, 0.15) is 0 Å². The Morgan fingerprint density at radius 2 is 1.75 bits per heavy atom. The molecule has 0 bridgehead atoms. The Labute approximate surface area is 131 Å². The Kier molecular flexibility index (Phi) is 4.70. The van der Waals surface area contributed by atoms with Crippen LogP contribution in [0.3, 0.4) is 0 Å². The van der Waals surface area contributed by atoms with Gasteiger partial charge in [-0.15, -0.1) is 11.3 Å². The van der Waals surface area contributed by atoms with E-state index in [0.29, 0.717) is 5.41 Å². The van der Waals surface area contributed by atoms with Gasteiger partial charge in [0.2, 0.25) is 0 Å². The third kappa shape index (κ3) is 5.02. The first-order valence-corrected chi connectivity index (χ1v) is 9.00. The number of thiazole rings is 1. The number of rotatable bonds is 5. The maximum Gasteiger partial charge on any atom is 0.0933 e. The highest BCUT2D eigenvalue weighted by molar-refractivity contribution is 7.09. The minimum atomic E-state index is 0.276. The average Bonchev–Trinajstić information content (AvgIpc) is 2.87. The van der Waals surface area contributed by atoms with Crippen molar-refractivity contribution >= 4 is 22.7 Å². The van der Waals surface area contributed by atoms with Crippen LogP contribution in [0.2, 0.25) is 0 Å². The van der Waals surface area contributed by atoms with E-state index in [2.05, 4.69) is 56.8 Å². The van der Waals surface area contributed by atoms with Gasteiger partial charge in [-0.25, -0.2) is 4.98 Å². The molecule has 2 rings (SSSR count). The van der Waals surface area contributed by atoms with Crippen LogP contribution in [0.1, 0.15) is 50.9 Å². The Morgan fingerprint density at radius 1 is 1.00 bits per heavy atom. The molecule has 0 atom stereocenters. The summed E-state index contributed by atoms with van der Waals surface area (Å²) in [6.07, 6.45) is 3.26. The second kappa shape index (κ2) is 5.98. The third-order valence-electron chi connectivity index (χ3n) is 3.20. The number of hydrogen-bond donors (Lipinski definition) is 0. The minimum absolute atomic E-state index is 0.276. The van der Waals surface area contributed by atoms with Gasteiger partial charge in [-0.2, -0.15) is 11.3 Å². The predicted octanol–water partition coefficient (Wildman–Crippen LogP) is 5.60. The summed E-state index contributed by atoms with van der Waals surface area (Å²) in [5, 5.41) is 7.94. The largest absolute Gasteiger partial charge is 0.246 e. The van der Waals surface area contributed by atoms with Crippen LogP contribution in [0.5, 0.6) is 0 Å². The molecule has 2 aromatic heterocycles. The summed E-state index contributed by atoms with van der Waals surface area (Å²) < 4.78 is 0. The lowest BCUT2D eigenvalue weighted by Crippen LogP contribution is -2.18. The maximum atomic E-state index is 4.83. The molecule has 20 heavy (non-hydrogen) atoms. The van der Waals surface area contributed by atoms with Crippen molar-refractivity contribution in [3.63, 3.8) is 0 Å². The molecule has 0 saturated carbocycles. The molecule has 0 saturated heterocycles. The second-order valence-electron chi connectivity index (χ2n) is 7.62. The molecular weight excluding hydrogens is 282 g/mol. The first-order valence-electron chi connectivity index (χ1n) is 7.18. The van der Waals surface area contributed by atoms with E-state index in [1.807, 2.05) is 11.3 Å². The van der Waals surface area contributed by atoms with Crippen LogP contribution < -0.4 is 0 Å². The zero-order chi connectivity index (χ0) is 14.8. The standard InChI is InChI=1S/C17H25NS2/c1-16(2,3)9-14-12-20-15(18-14)10-17(4,5)8-13-6-7-19-11-13/h6-7,11-12H,8-10H2,1-5H3. The Balaban J connectivity index is 1.98. The van der Waals surface area contributed by atoms with Gasteiger partial charge in [-0.3, -0.25) is 0 Å². The van der Waals surface area contributed by atoms with Gasteiger partial charge in [0.05, 0.1) is 10.7 Å². The molecule has 2 heterocycles. The van der Waals surface area contributed by atoms with Crippen molar-refractivity contribution in [2.75, 3.05) is 0 Å². The van der Waals surface area contributed by atoms with E-state index < -0.39 is 0 Å². The number of aromatic nitrogens is 1. The fourth-order valence-corrected chi connectivity index (χ4v) is 4.19. The first kappa shape index (κ1) is 15.7. The summed E-state index contributed by atoms with van der Waals surface area (Å²) in [5.74, 6) is 0. The van der Waals surface area contributed by atoms with Crippen molar-refractivity contribution in [3.8, 4) is 0 Å². The summed E-state index contributed by atoms with van der Waals surface area (Å²) in [6.45, 7) is 11.5. The predicted molar refractivity (Wildman–Crippen MR) is 90.8 cm³/mol. The van der Waals surface area contributed by atoms with E-state index in [4.69, 9.17) is 4.98 Å². The van der Waals surface area contributed by atoms with Crippen molar-refractivity contribution in [3.05, 3.63) is 38.5 Å². The van der Waals surface area contributed by atoms with Gasteiger partial charge in [0, 0.05) is 11.8 Å². The fourth-order valence-electron chi connectivity index (χ4n) is 2.47. The van der Waals surface area contributed by atoms with Crippen LogP contribution in [0, 0.1) is 10.8 Å². The lowest BCUT2D eigenvalue weighted by atomic mass is 9.83. The van der Waals surface area contributed by atoms with E-state index >= 15 is 0 Å². The molecule has 2 aromatic rings. The number of nitrogens with zero attached hydrogens (tertiary/aromatic N) is 1. The summed E-state index contributed by atoms with van der Waals surface area (Å²) in [6, 6.07) is 2.24. The van der Waals surface area contributed by atoms with Crippen LogP contribution in [0.15, 0.2) is 22.2 Å². The lowest BCUT2D eigenvalue weighted by molar-refractivity contribution is 0.359. The molecule has 0 aliphatic heterocycles. The molecule has 0 spiro atoms. The SMILES string of the molecule is CC(C)(C)Cc1csc(CC(C)(C)Cc2ccsc2)n1. The normalized spacial score (nSPS) is 12.8. The zero-order valence-electron chi connectivity index (χ0n) is 13.2. The molecule has 0 N–H and O–H groups in total. The highest BCUT2D eigenvalue weighted by atomic mass is 32.1. The van der Waals surface area contributed by atoms with Crippen molar-refractivity contribution in [2.24, 2.45) is 10.8 Å². The number of thiophene rings is 1.